The van der Waals surface area contributed by atoms with Crippen molar-refractivity contribution < 1.29 is 19.4 Å². The van der Waals surface area contributed by atoms with Crippen LogP contribution in [0.5, 0.6) is 0 Å². The van der Waals surface area contributed by atoms with Gasteiger partial charge in [0.05, 0.1) is 29.5 Å². The number of hydrogen-bond acceptors (Lipinski definition) is 4. The lowest BCUT2D eigenvalue weighted by atomic mass is 9.66. The van der Waals surface area contributed by atoms with Gasteiger partial charge in [-0.1, -0.05) is 23.7 Å². The molecule has 25 heavy (non-hydrogen) atoms. The van der Waals surface area contributed by atoms with Crippen molar-refractivity contribution in [3.8, 4) is 0 Å². The minimum absolute atomic E-state index is 0.0319. The predicted molar refractivity (Wildman–Crippen MR) is 93.8 cm³/mol. The molecule has 2 amide bonds. The molecule has 3 aliphatic heterocycles. The smallest absolute Gasteiger partial charge is 0.322 e. The van der Waals surface area contributed by atoms with Gasteiger partial charge in [0, 0.05) is 44.1 Å². The van der Waals surface area contributed by atoms with E-state index in [9.17, 15) is 9.90 Å². The second-order valence-electron chi connectivity index (χ2n) is 7.11. The highest BCUT2D eigenvalue weighted by Crippen LogP contribution is 2.44. The molecular formula is C18H23ClN2O4. The largest absolute Gasteiger partial charge is 0.389 e. The third-order valence-corrected chi connectivity index (χ3v) is 6.16. The predicted octanol–water partition coefficient (Wildman–Crippen LogP) is 2.36. The average Bonchev–Trinajstić information content (AvgIpc) is 2.63. The SMILES string of the molecule is O=C(Nc1ccccc1Cl)N1C[C@H]2COCC[C@@]2(O)[C@@H]2COCC[C@@H]21. The number of nitrogens with one attached hydrogen (secondary N) is 1. The highest BCUT2D eigenvalue weighted by molar-refractivity contribution is 6.33. The van der Waals surface area contributed by atoms with Gasteiger partial charge in [-0.25, -0.2) is 4.79 Å². The molecule has 1 aromatic rings. The molecule has 4 rings (SSSR count). The van der Waals surface area contributed by atoms with E-state index >= 15 is 0 Å². The highest BCUT2D eigenvalue weighted by Gasteiger charge is 2.56. The number of benzene rings is 1. The van der Waals surface area contributed by atoms with Gasteiger partial charge in [0.2, 0.25) is 0 Å². The first-order valence-corrected chi connectivity index (χ1v) is 9.17. The lowest BCUT2D eigenvalue weighted by Crippen LogP contribution is -2.69. The Labute approximate surface area is 152 Å². The van der Waals surface area contributed by atoms with Crippen molar-refractivity contribution in [1.29, 1.82) is 0 Å². The van der Waals surface area contributed by atoms with Gasteiger partial charge in [-0.15, -0.1) is 0 Å². The summed E-state index contributed by atoms with van der Waals surface area (Å²) in [5.74, 6) is -0.179. The summed E-state index contributed by atoms with van der Waals surface area (Å²) < 4.78 is 11.2. The normalized spacial score (nSPS) is 34.8. The van der Waals surface area contributed by atoms with Gasteiger partial charge in [0.1, 0.15) is 0 Å². The molecule has 3 saturated heterocycles. The third-order valence-electron chi connectivity index (χ3n) is 5.83. The van der Waals surface area contributed by atoms with Crippen molar-refractivity contribution in [3.05, 3.63) is 29.3 Å². The molecule has 7 heteroatoms. The number of rotatable bonds is 1. The van der Waals surface area contributed by atoms with Gasteiger partial charge >= 0.3 is 6.03 Å². The number of fused-ring (bicyclic) bond motifs is 3. The molecule has 0 unspecified atom stereocenters. The molecule has 0 bridgehead atoms. The highest BCUT2D eigenvalue weighted by atomic mass is 35.5. The van der Waals surface area contributed by atoms with E-state index in [4.69, 9.17) is 21.1 Å². The lowest BCUT2D eigenvalue weighted by Gasteiger charge is -2.56. The van der Waals surface area contributed by atoms with Crippen LogP contribution in [0.2, 0.25) is 5.02 Å². The number of para-hydroxylation sites is 1. The summed E-state index contributed by atoms with van der Waals surface area (Å²) in [6.07, 6.45) is 1.33. The second kappa shape index (κ2) is 6.76. The maximum absolute atomic E-state index is 12.9. The third kappa shape index (κ3) is 3.01. The van der Waals surface area contributed by atoms with Crippen molar-refractivity contribution >= 4 is 23.3 Å². The summed E-state index contributed by atoms with van der Waals surface area (Å²) >= 11 is 6.16. The quantitative estimate of drug-likeness (QED) is 0.800. The zero-order valence-electron chi connectivity index (χ0n) is 14.0. The summed E-state index contributed by atoms with van der Waals surface area (Å²) in [4.78, 5) is 14.8. The number of carbonyl (C=O) groups is 1. The van der Waals surface area contributed by atoms with Gasteiger partial charge in [0.25, 0.3) is 0 Å². The topological polar surface area (TPSA) is 71.0 Å². The Kier molecular flexibility index (Phi) is 4.62. The van der Waals surface area contributed by atoms with Crippen molar-refractivity contribution in [3.63, 3.8) is 0 Å². The summed E-state index contributed by atoms with van der Waals surface area (Å²) in [7, 11) is 0. The van der Waals surface area contributed by atoms with Crippen LogP contribution in [0.3, 0.4) is 0 Å². The van der Waals surface area contributed by atoms with Gasteiger partial charge in [-0.2, -0.15) is 0 Å². The maximum atomic E-state index is 12.9. The summed E-state index contributed by atoms with van der Waals surface area (Å²) in [5.41, 5.74) is -0.219. The molecule has 2 N–H and O–H groups in total. The molecule has 3 fully saturated rings. The van der Waals surface area contributed by atoms with Crippen LogP contribution in [0.1, 0.15) is 12.8 Å². The lowest BCUT2D eigenvalue weighted by molar-refractivity contribution is -0.211. The van der Waals surface area contributed by atoms with Crippen LogP contribution >= 0.6 is 11.6 Å². The minimum atomic E-state index is -0.815. The minimum Gasteiger partial charge on any atom is -0.389 e. The van der Waals surface area contributed by atoms with E-state index in [1.165, 1.54) is 0 Å². The molecule has 3 aliphatic rings. The van der Waals surface area contributed by atoms with Crippen LogP contribution < -0.4 is 5.32 Å². The summed E-state index contributed by atoms with van der Waals surface area (Å²) in [5, 5.41) is 14.7. The zero-order valence-corrected chi connectivity index (χ0v) is 14.7. The molecule has 0 saturated carbocycles. The van der Waals surface area contributed by atoms with Crippen molar-refractivity contribution in [2.75, 3.05) is 38.3 Å². The van der Waals surface area contributed by atoms with E-state index in [1.54, 1.807) is 12.1 Å². The molecule has 0 aromatic heterocycles. The zero-order chi connectivity index (χ0) is 17.4. The van der Waals surface area contributed by atoms with Crippen LogP contribution in [0.15, 0.2) is 24.3 Å². The number of anilines is 1. The van der Waals surface area contributed by atoms with Gasteiger partial charge in [0.15, 0.2) is 0 Å². The van der Waals surface area contributed by atoms with Crippen LogP contribution in [0.25, 0.3) is 0 Å². The first-order chi connectivity index (χ1) is 12.1. The van der Waals surface area contributed by atoms with Gasteiger partial charge in [-0.05, 0) is 18.6 Å². The fraction of sp³-hybridized carbons (Fsp3) is 0.611. The number of carbonyl (C=O) groups excluding carboxylic acids is 1. The number of piperidine rings is 1. The first-order valence-electron chi connectivity index (χ1n) is 8.79. The number of urea groups is 1. The molecule has 0 radical (unpaired) electrons. The number of amides is 2. The summed E-state index contributed by atoms with van der Waals surface area (Å²) in [6.45, 7) is 2.59. The standard InChI is InChI=1S/C18H23ClN2O4/c19-14-3-1-2-4-15(14)20-17(22)21-9-12-10-25-8-6-18(12,23)13-11-24-7-5-16(13)21/h1-4,12-13,16,23H,5-11H2,(H,20,22)/t12-,13+,16-,18-/m0/s1. The second-order valence-corrected chi connectivity index (χ2v) is 7.52. The number of halogens is 1. The average molecular weight is 367 g/mol. The van der Waals surface area contributed by atoms with E-state index in [-0.39, 0.29) is 23.9 Å². The van der Waals surface area contributed by atoms with Crippen LogP contribution in [-0.4, -0.2) is 60.7 Å². The monoisotopic (exact) mass is 366 g/mol. The Morgan fingerprint density at radius 2 is 2.08 bits per heavy atom. The van der Waals surface area contributed by atoms with E-state index in [2.05, 4.69) is 5.32 Å². The van der Waals surface area contributed by atoms with E-state index in [1.807, 2.05) is 17.0 Å². The fourth-order valence-corrected chi connectivity index (χ4v) is 4.62. The van der Waals surface area contributed by atoms with E-state index in [0.29, 0.717) is 50.1 Å². The van der Waals surface area contributed by atoms with E-state index < -0.39 is 5.60 Å². The Bertz CT molecular complexity index is 658. The molecule has 0 spiro atoms. The molecule has 1 aromatic carbocycles. The van der Waals surface area contributed by atoms with Crippen LogP contribution in [0.4, 0.5) is 10.5 Å². The number of aliphatic hydroxyl groups is 1. The first kappa shape index (κ1) is 17.1. The van der Waals surface area contributed by atoms with Gasteiger partial charge < -0.3 is 24.8 Å². The van der Waals surface area contributed by atoms with Crippen molar-refractivity contribution in [1.82, 2.24) is 4.90 Å². The van der Waals surface area contributed by atoms with Crippen LogP contribution in [-0.2, 0) is 9.47 Å². The molecule has 4 atom stereocenters. The van der Waals surface area contributed by atoms with Crippen LogP contribution in [0, 0.1) is 11.8 Å². The molecule has 136 valence electrons. The molecule has 3 heterocycles. The van der Waals surface area contributed by atoms with Gasteiger partial charge in [-0.3, -0.25) is 0 Å². The summed E-state index contributed by atoms with van der Waals surface area (Å²) in [6, 6.07) is 6.98. The fourth-order valence-electron chi connectivity index (χ4n) is 4.44. The Balaban J connectivity index is 1.58. The Morgan fingerprint density at radius 1 is 1.28 bits per heavy atom. The number of likely N-dealkylation sites (tertiary alicyclic amines) is 1. The van der Waals surface area contributed by atoms with Crippen molar-refractivity contribution in [2.24, 2.45) is 11.8 Å². The Morgan fingerprint density at radius 3 is 2.92 bits per heavy atom. The van der Waals surface area contributed by atoms with Crippen molar-refractivity contribution in [2.45, 2.75) is 24.5 Å². The number of hydrogen-bond donors (Lipinski definition) is 2. The maximum Gasteiger partial charge on any atom is 0.322 e. The Hall–Kier alpha value is -1.34. The molecular weight excluding hydrogens is 344 g/mol. The number of ether oxygens (including phenoxy) is 2. The van der Waals surface area contributed by atoms with E-state index in [0.717, 1.165) is 6.42 Å². The molecule has 6 nitrogen and oxygen atoms in total. The molecule has 0 aliphatic carbocycles. The number of nitrogens with zero attached hydrogens (tertiary/aromatic N) is 1.